The summed E-state index contributed by atoms with van der Waals surface area (Å²) in [5.41, 5.74) is 11.2. The van der Waals surface area contributed by atoms with E-state index >= 15 is 0 Å². The van der Waals surface area contributed by atoms with E-state index in [4.69, 9.17) is 11.5 Å². The second-order valence-corrected chi connectivity index (χ2v) is 4.15. The molecule has 4 N–H and O–H groups in total. The third-order valence-corrected chi connectivity index (χ3v) is 2.89. The minimum absolute atomic E-state index is 0.0220. The van der Waals surface area contributed by atoms with Crippen LogP contribution in [0.15, 0.2) is 12.1 Å². The maximum absolute atomic E-state index is 13.6. The Kier molecular flexibility index (Phi) is 2.96. The molecule has 0 aliphatic carbocycles. The lowest BCUT2D eigenvalue weighted by atomic mass is 10.1. The van der Waals surface area contributed by atoms with Crippen LogP contribution in [0.25, 0.3) is 0 Å². The van der Waals surface area contributed by atoms with Gasteiger partial charge in [0.25, 0.3) is 0 Å². The second-order valence-electron chi connectivity index (χ2n) is 4.15. The molecule has 0 bridgehead atoms. The first-order valence-corrected chi connectivity index (χ1v) is 5.33. The van der Waals surface area contributed by atoms with E-state index in [2.05, 4.69) is 0 Å². The lowest BCUT2D eigenvalue weighted by Gasteiger charge is -2.32. The monoisotopic (exact) mass is 227 g/mol. The van der Waals surface area contributed by atoms with Crippen molar-refractivity contribution in [3.05, 3.63) is 23.8 Å². The summed E-state index contributed by atoms with van der Waals surface area (Å²) >= 11 is 0. The van der Waals surface area contributed by atoms with Crippen molar-refractivity contribution in [1.29, 1.82) is 0 Å². The van der Waals surface area contributed by atoms with Crippen molar-refractivity contribution in [3.63, 3.8) is 0 Å². The number of halogens is 2. The maximum Gasteiger partial charge on any atom is 0.184 e. The van der Waals surface area contributed by atoms with E-state index in [-0.39, 0.29) is 17.4 Å². The molecule has 0 radical (unpaired) electrons. The van der Waals surface area contributed by atoms with Crippen LogP contribution in [0.2, 0.25) is 0 Å². The number of hydrogen-bond acceptors (Lipinski definition) is 3. The topological polar surface area (TPSA) is 55.3 Å². The Labute approximate surface area is 93.0 Å². The molecule has 0 spiro atoms. The highest BCUT2D eigenvalue weighted by Gasteiger charge is 2.21. The molecule has 0 aromatic heterocycles. The maximum atomic E-state index is 13.6. The van der Waals surface area contributed by atoms with E-state index in [1.165, 1.54) is 12.1 Å². The van der Waals surface area contributed by atoms with Crippen LogP contribution in [-0.2, 0) is 0 Å². The summed E-state index contributed by atoms with van der Waals surface area (Å²) in [5, 5.41) is 0. The fourth-order valence-electron chi connectivity index (χ4n) is 2.03. The van der Waals surface area contributed by atoms with Crippen LogP contribution in [0, 0.1) is 11.6 Å². The van der Waals surface area contributed by atoms with E-state index < -0.39 is 11.6 Å². The zero-order valence-electron chi connectivity index (χ0n) is 8.92. The first kappa shape index (κ1) is 11.1. The first-order chi connectivity index (χ1) is 7.59. The van der Waals surface area contributed by atoms with Crippen LogP contribution in [0.1, 0.15) is 12.8 Å². The summed E-state index contributed by atoms with van der Waals surface area (Å²) < 4.78 is 26.9. The van der Waals surface area contributed by atoms with E-state index in [0.717, 1.165) is 12.8 Å². The van der Waals surface area contributed by atoms with Crippen molar-refractivity contribution < 1.29 is 8.78 Å². The Hall–Kier alpha value is -1.36. The predicted octanol–water partition coefficient (Wildman–Crippen LogP) is 1.47. The molecule has 1 aromatic carbocycles. The van der Waals surface area contributed by atoms with Crippen molar-refractivity contribution in [3.8, 4) is 0 Å². The summed E-state index contributed by atoms with van der Waals surface area (Å²) in [5.74, 6) is -1.86. The van der Waals surface area contributed by atoms with Crippen molar-refractivity contribution in [2.45, 2.75) is 18.9 Å². The Morgan fingerprint density at radius 3 is 2.69 bits per heavy atom. The van der Waals surface area contributed by atoms with Gasteiger partial charge in [-0.05, 0) is 25.0 Å². The Morgan fingerprint density at radius 1 is 1.25 bits per heavy atom. The van der Waals surface area contributed by atoms with Gasteiger partial charge in [-0.25, -0.2) is 8.78 Å². The van der Waals surface area contributed by atoms with Gasteiger partial charge in [0.2, 0.25) is 0 Å². The molecule has 2 rings (SSSR count). The first-order valence-electron chi connectivity index (χ1n) is 5.33. The van der Waals surface area contributed by atoms with Crippen LogP contribution in [0.5, 0.6) is 0 Å². The van der Waals surface area contributed by atoms with Crippen molar-refractivity contribution >= 4 is 11.4 Å². The van der Waals surface area contributed by atoms with Gasteiger partial charge in [-0.2, -0.15) is 0 Å². The minimum atomic E-state index is -0.975. The Bertz CT molecular complexity index is 395. The third-order valence-electron chi connectivity index (χ3n) is 2.89. The Balaban J connectivity index is 2.29. The van der Waals surface area contributed by atoms with Gasteiger partial charge in [0.1, 0.15) is 0 Å². The number of piperidine rings is 1. The van der Waals surface area contributed by atoms with Gasteiger partial charge in [-0.1, -0.05) is 0 Å². The van der Waals surface area contributed by atoms with Crippen LogP contribution >= 0.6 is 0 Å². The average Bonchev–Trinajstić information content (AvgIpc) is 2.26. The standard InChI is InChI=1S/C11H15F2N3/c12-10-8(15)3-4-9(11(10)13)16-5-1-2-7(14)6-16/h3-4,7H,1-2,5-6,14-15H2. The molecular formula is C11H15F2N3. The van der Waals surface area contributed by atoms with Gasteiger partial charge in [-0.3, -0.25) is 0 Å². The van der Waals surface area contributed by atoms with Crippen molar-refractivity contribution in [2.24, 2.45) is 5.73 Å². The fourth-order valence-corrected chi connectivity index (χ4v) is 2.03. The van der Waals surface area contributed by atoms with E-state index in [0.29, 0.717) is 13.1 Å². The van der Waals surface area contributed by atoms with E-state index in [1.54, 1.807) is 4.90 Å². The van der Waals surface area contributed by atoms with Gasteiger partial charge in [0, 0.05) is 19.1 Å². The molecule has 5 heteroatoms. The molecule has 88 valence electrons. The molecule has 3 nitrogen and oxygen atoms in total. The van der Waals surface area contributed by atoms with Crippen LogP contribution in [0.3, 0.4) is 0 Å². The second kappa shape index (κ2) is 4.25. The molecule has 0 amide bonds. The quantitative estimate of drug-likeness (QED) is 0.714. The van der Waals surface area contributed by atoms with Crippen molar-refractivity contribution in [2.75, 3.05) is 23.7 Å². The zero-order chi connectivity index (χ0) is 11.7. The van der Waals surface area contributed by atoms with Gasteiger partial charge in [0.05, 0.1) is 11.4 Å². The fraction of sp³-hybridized carbons (Fsp3) is 0.455. The molecular weight excluding hydrogens is 212 g/mol. The number of nitrogens with zero attached hydrogens (tertiary/aromatic N) is 1. The highest BCUT2D eigenvalue weighted by Crippen LogP contribution is 2.27. The van der Waals surface area contributed by atoms with E-state index in [1.807, 2.05) is 0 Å². The summed E-state index contributed by atoms with van der Waals surface area (Å²) in [6.45, 7) is 1.26. The summed E-state index contributed by atoms with van der Waals surface area (Å²) in [4.78, 5) is 1.77. The summed E-state index contributed by atoms with van der Waals surface area (Å²) in [7, 11) is 0. The number of nitrogen functional groups attached to an aromatic ring is 1. The average molecular weight is 227 g/mol. The normalized spacial score (nSPS) is 21.2. The Morgan fingerprint density at radius 2 is 2.00 bits per heavy atom. The van der Waals surface area contributed by atoms with Crippen LogP contribution < -0.4 is 16.4 Å². The van der Waals surface area contributed by atoms with Gasteiger partial charge in [0.15, 0.2) is 11.6 Å². The molecule has 1 fully saturated rings. The SMILES string of the molecule is Nc1ccc(N2CCCC(N)C2)c(F)c1F. The predicted molar refractivity (Wildman–Crippen MR) is 60.2 cm³/mol. The molecule has 1 aromatic rings. The van der Waals surface area contributed by atoms with Crippen LogP contribution in [0.4, 0.5) is 20.2 Å². The zero-order valence-corrected chi connectivity index (χ0v) is 8.92. The van der Waals surface area contributed by atoms with E-state index in [9.17, 15) is 8.78 Å². The molecule has 1 aliphatic rings. The summed E-state index contributed by atoms with van der Waals surface area (Å²) in [6, 6.07) is 2.91. The molecule has 16 heavy (non-hydrogen) atoms. The molecule has 1 unspecified atom stereocenters. The molecule has 1 atom stereocenters. The highest BCUT2D eigenvalue weighted by atomic mass is 19.2. The van der Waals surface area contributed by atoms with Crippen molar-refractivity contribution in [1.82, 2.24) is 0 Å². The highest BCUT2D eigenvalue weighted by molar-refractivity contribution is 5.55. The number of rotatable bonds is 1. The minimum Gasteiger partial charge on any atom is -0.396 e. The van der Waals surface area contributed by atoms with Gasteiger partial charge >= 0.3 is 0 Å². The van der Waals surface area contributed by atoms with Gasteiger partial charge in [-0.15, -0.1) is 0 Å². The lowest BCUT2D eigenvalue weighted by molar-refractivity contribution is 0.480. The molecule has 1 heterocycles. The number of nitrogens with two attached hydrogens (primary N) is 2. The lowest BCUT2D eigenvalue weighted by Crippen LogP contribution is -2.43. The summed E-state index contributed by atoms with van der Waals surface area (Å²) in [6.07, 6.45) is 1.82. The largest absolute Gasteiger partial charge is 0.396 e. The van der Waals surface area contributed by atoms with Gasteiger partial charge < -0.3 is 16.4 Å². The number of benzene rings is 1. The number of anilines is 2. The smallest absolute Gasteiger partial charge is 0.184 e. The third kappa shape index (κ3) is 1.95. The number of hydrogen-bond donors (Lipinski definition) is 2. The molecule has 1 aliphatic heterocycles. The molecule has 1 saturated heterocycles. The molecule has 0 saturated carbocycles. The van der Waals surface area contributed by atoms with Crippen LogP contribution in [-0.4, -0.2) is 19.1 Å².